The monoisotopic (exact) mass is 408 g/mol. The zero-order valence-electron chi connectivity index (χ0n) is 17.0. The molecule has 1 aliphatic rings. The fourth-order valence-electron chi connectivity index (χ4n) is 3.03. The van der Waals surface area contributed by atoms with Crippen LogP contribution in [0.5, 0.6) is 17.2 Å². The number of rotatable bonds is 9. The summed E-state index contributed by atoms with van der Waals surface area (Å²) in [5.41, 5.74) is 1.87. The Kier molecular flexibility index (Phi) is 5.88. The van der Waals surface area contributed by atoms with Gasteiger partial charge in [0.2, 0.25) is 5.89 Å². The summed E-state index contributed by atoms with van der Waals surface area (Å²) in [6, 6.07) is 12.6. The van der Waals surface area contributed by atoms with Crippen molar-refractivity contribution in [2.24, 2.45) is 5.92 Å². The van der Waals surface area contributed by atoms with Crippen LogP contribution in [0.25, 0.3) is 11.5 Å². The van der Waals surface area contributed by atoms with Crippen LogP contribution in [-0.2, 0) is 6.54 Å². The second kappa shape index (κ2) is 8.90. The molecule has 1 amide bonds. The molecule has 1 saturated carbocycles. The van der Waals surface area contributed by atoms with Gasteiger partial charge in [0.05, 0.1) is 38.6 Å². The number of hydrogen-bond donors (Lipinski definition) is 1. The molecule has 0 atom stereocenters. The average Bonchev–Trinajstić information content (AvgIpc) is 3.50. The third-order valence-corrected chi connectivity index (χ3v) is 4.92. The molecule has 0 spiro atoms. The predicted molar refractivity (Wildman–Crippen MR) is 111 cm³/mol. The minimum atomic E-state index is -0.239. The van der Waals surface area contributed by atoms with Crippen molar-refractivity contribution < 1.29 is 23.4 Å². The molecule has 156 valence electrons. The van der Waals surface area contributed by atoms with Crippen LogP contribution in [0.15, 0.2) is 53.1 Å². The van der Waals surface area contributed by atoms with E-state index in [4.69, 9.17) is 18.6 Å². The van der Waals surface area contributed by atoms with E-state index in [2.05, 4.69) is 10.3 Å². The molecule has 2 aromatic carbocycles. The van der Waals surface area contributed by atoms with E-state index >= 15 is 0 Å². The fourth-order valence-corrected chi connectivity index (χ4v) is 3.03. The SMILES string of the molecule is COc1ccc(-c2nc(CNC(=O)c3ccccc3OC)co2)cc1OCC1CC1. The number of carbonyl (C=O) groups excluding carboxylic acids is 1. The molecule has 7 heteroatoms. The van der Waals surface area contributed by atoms with Gasteiger partial charge in [0.1, 0.15) is 12.0 Å². The number of carbonyl (C=O) groups is 1. The van der Waals surface area contributed by atoms with Gasteiger partial charge in [-0.1, -0.05) is 12.1 Å². The molecule has 3 aromatic rings. The highest BCUT2D eigenvalue weighted by Gasteiger charge is 2.23. The number of para-hydroxylation sites is 1. The molecule has 0 aliphatic heterocycles. The molecule has 4 rings (SSSR count). The number of methoxy groups -OCH3 is 2. The Morgan fingerprint density at radius 3 is 2.67 bits per heavy atom. The summed E-state index contributed by atoms with van der Waals surface area (Å²) in [5.74, 6) is 2.72. The first kappa shape index (κ1) is 19.8. The molecule has 0 unspecified atom stereocenters. The topological polar surface area (TPSA) is 82.8 Å². The van der Waals surface area contributed by atoms with E-state index in [0.717, 1.165) is 5.56 Å². The summed E-state index contributed by atoms with van der Waals surface area (Å²) in [5, 5.41) is 2.84. The highest BCUT2D eigenvalue weighted by atomic mass is 16.5. The van der Waals surface area contributed by atoms with E-state index in [1.54, 1.807) is 25.3 Å². The van der Waals surface area contributed by atoms with E-state index in [-0.39, 0.29) is 12.5 Å². The minimum Gasteiger partial charge on any atom is -0.496 e. The number of aromatic nitrogens is 1. The molecule has 0 saturated heterocycles. The first-order valence-electron chi connectivity index (χ1n) is 9.84. The summed E-state index contributed by atoms with van der Waals surface area (Å²) in [6.45, 7) is 0.924. The van der Waals surface area contributed by atoms with E-state index in [1.165, 1.54) is 26.2 Å². The molecule has 1 fully saturated rings. The number of hydrogen-bond acceptors (Lipinski definition) is 6. The molecule has 30 heavy (non-hydrogen) atoms. The average molecular weight is 408 g/mol. The van der Waals surface area contributed by atoms with Crippen molar-refractivity contribution in [2.75, 3.05) is 20.8 Å². The van der Waals surface area contributed by atoms with Crippen LogP contribution in [0.4, 0.5) is 0 Å². The normalized spacial score (nSPS) is 13.0. The van der Waals surface area contributed by atoms with Gasteiger partial charge in [-0.3, -0.25) is 4.79 Å². The Balaban J connectivity index is 1.43. The lowest BCUT2D eigenvalue weighted by molar-refractivity contribution is 0.0947. The molecule has 7 nitrogen and oxygen atoms in total. The molecule has 1 aliphatic carbocycles. The first-order chi connectivity index (χ1) is 14.7. The van der Waals surface area contributed by atoms with Crippen LogP contribution >= 0.6 is 0 Å². The van der Waals surface area contributed by atoms with Crippen molar-refractivity contribution in [1.82, 2.24) is 10.3 Å². The molecule has 1 aromatic heterocycles. The molecule has 1 N–H and O–H groups in total. The third kappa shape index (κ3) is 4.56. The van der Waals surface area contributed by atoms with Gasteiger partial charge < -0.3 is 23.9 Å². The van der Waals surface area contributed by atoms with Crippen LogP contribution < -0.4 is 19.5 Å². The lowest BCUT2D eigenvalue weighted by Gasteiger charge is -2.11. The standard InChI is InChI=1S/C23H24N2O5/c1-27-19-6-4-3-5-18(19)22(26)24-12-17-14-30-23(25-17)16-9-10-20(28-2)21(11-16)29-13-15-7-8-15/h3-6,9-11,14-15H,7-8,12-13H2,1-2H3,(H,24,26). The van der Waals surface area contributed by atoms with Gasteiger partial charge in [-0.2, -0.15) is 0 Å². The van der Waals surface area contributed by atoms with Gasteiger partial charge in [0, 0.05) is 5.56 Å². The number of benzene rings is 2. The lowest BCUT2D eigenvalue weighted by atomic mass is 10.2. The van der Waals surface area contributed by atoms with Crippen LogP contribution in [0.2, 0.25) is 0 Å². The Morgan fingerprint density at radius 1 is 1.10 bits per heavy atom. The molecule has 0 radical (unpaired) electrons. The van der Waals surface area contributed by atoms with Gasteiger partial charge in [0.25, 0.3) is 5.91 Å². The van der Waals surface area contributed by atoms with Crippen molar-refractivity contribution in [3.8, 4) is 28.7 Å². The summed E-state index contributed by atoms with van der Waals surface area (Å²) in [4.78, 5) is 16.9. The first-order valence-corrected chi connectivity index (χ1v) is 9.84. The van der Waals surface area contributed by atoms with E-state index in [1.807, 2.05) is 24.3 Å². The van der Waals surface area contributed by atoms with Gasteiger partial charge in [-0.05, 0) is 49.1 Å². The highest BCUT2D eigenvalue weighted by molar-refractivity contribution is 5.96. The number of amides is 1. The van der Waals surface area contributed by atoms with E-state index < -0.39 is 0 Å². The second-order valence-corrected chi connectivity index (χ2v) is 7.15. The number of nitrogens with one attached hydrogen (secondary N) is 1. The number of ether oxygens (including phenoxy) is 3. The highest BCUT2D eigenvalue weighted by Crippen LogP contribution is 2.35. The van der Waals surface area contributed by atoms with Gasteiger partial charge in [0.15, 0.2) is 11.5 Å². The zero-order valence-corrected chi connectivity index (χ0v) is 17.0. The smallest absolute Gasteiger partial charge is 0.255 e. The molecule has 0 bridgehead atoms. The van der Waals surface area contributed by atoms with Crippen LogP contribution in [0, 0.1) is 5.92 Å². The Bertz CT molecular complexity index is 1030. The van der Waals surface area contributed by atoms with E-state index in [0.29, 0.717) is 46.9 Å². The van der Waals surface area contributed by atoms with Crippen molar-refractivity contribution in [1.29, 1.82) is 0 Å². The Morgan fingerprint density at radius 2 is 1.90 bits per heavy atom. The quantitative estimate of drug-likeness (QED) is 0.575. The maximum absolute atomic E-state index is 12.4. The maximum Gasteiger partial charge on any atom is 0.255 e. The molecular formula is C23H24N2O5. The van der Waals surface area contributed by atoms with E-state index in [9.17, 15) is 4.79 Å². The third-order valence-electron chi connectivity index (χ3n) is 4.92. The van der Waals surface area contributed by atoms with Crippen LogP contribution in [0.3, 0.4) is 0 Å². The van der Waals surface area contributed by atoms with Gasteiger partial charge >= 0.3 is 0 Å². The summed E-state index contributed by atoms with van der Waals surface area (Å²) >= 11 is 0. The molecular weight excluding hydrogens is 384 g/mol. The van der Waals surface area contributed by atoms with Crippen molar-refractivity contribution in [2.45, 2.75) is 19.4 Å². The second-order valence-electron chi connectivity index (χ2n) is 7.15. The fraction of sp³-hybridized carbons (Fsp3) is 0.304. The lowest BCUT2D eigenvalue weighted by Crippen LogP contribution is -2.23. The zero-order chi connectivity index (χ0) is 20.9. The summed E-state index contributed by atoms with van der Waals surface area (Å²) in [6.07, 6.45) is 3.96. The van der Waals surface area contributed by atoms with Gasteiger partial charge in [-0.15, -0.1) is 0 Å². The number of nitrogens with zero attached hydrogens (tertiary/aromatic N) is 1. The summed E-state index contributed by atoms with van der Waals surface area (Å²) in [7, 11) is 3.15. The van der Waals surface area contributed by atoms with Crippen molar-refractivity contribution in [3.05, 3.63) is 60.0 Å². The van der Waals surface area contributed by atoms with Gasteiger partial charge in [-0.25, -0.2) is 4.98 Å². The van der Waals surface area contributed by atoms with Crippen molar-refractivity contribution in [3.63, 3.8) is 0 Å². The maximum atomic E-state index is 12.4. The predicted octanol–water partition coefficient (Wildman–Crippen LogP) is 4.08. The minimum absolute atomic E-state index is 0.238. The Labute approximate surface area is 175 Å². The summed E-state index contributed by atoms with van der Waals surface area (Å²) < 4.78 is 22.1. The largest absolute Gasteiger partial charge is 0.496 e. The van der Waals surface area contributed by atoms with Crippen LogP contribution in [-0.4, -0.2) is 31.7 Å². The Hall–Kier alpha value is -3.48. The van der Waals surface area contributed by atoms with Crippen molar-refractivity contribution >= 4 is 5.91 Å². The number of oxazole rings is 1. The molecule has 1 heterocycles. The van der Waals surface area contributed by atoms with Crippen LogP contribution in [0.1, 0.15) is 28.9 Å².